The van der Waals surface area contributed by atoms with Gasteiger partial charge in [0.15, 0.2) is 12.4 Å². The molecule has 1 aliphatic heterocycles. The van der Waals surface area contributed by atoms with Gasteiger partial charge < -0.3 is 4.74 Å². The maximum atomic E-state index is 11.1. The highest BCUT2D eigenvalue weighted by Gasteiger charge is 2.18. The van der Waals surface area contributed by atoms with Crippen LogP contribution in [0.2, 0.25) is 0 Å². The molecule has 0 unspecified atom stereocenters. The molecule has 0 atom stereocenters. The smallest absolute Gasteiger partial charge is 0.203 e. The molecule has 114 valence electrons. The van der Waals surface area contributed by atoms with Gasteiger partial charge >= 0.3 is 0 Å². The highest BCUT2D eigenvalue weighted by atomic mass is 17.5. The van der Waals surface area contributed by atoms with Crippen LogP contribution in [-0.4, -0.2) is 30.0 Å². The number of rotatable bonds is 4. The summed E-state index contributed by atoms with van der Waals surface area (Å²) < 4.78 is 5.06. The topological polar surface area (TPSA) is 82.1 Å². The Balaban J connectivity index is 0.000000162. The van der Waals surface area contributed by atoms with E-state index in [9.17, 15) is 9.59 Å². The van der Waals surface area contributed by atoms with Crippen molar-refractivity contribution in [1.29, 1.82) is 0 Å². The molecule has 2 aromatic rings. The summed E-state index contributed by atoms with van der Waals surface area (Å²) in [5.41, 5.74) is 1.23. The van der Waals surface area contributed by atoms with Gasteiger partial charge in [-0.1, -0.05) is 47.5 Å². The van der Waals surface area contributed by atoms with Gasteiger partial charge in [-0.25, -0.2) is 5.26 Å². The van der Waals surface area contributed by atoms with E-state index >= 15 is 0 Å². The number of Topliss-reactive ketones (excluding diaryl/α,β-unsaturated/α-hetero) is 2. The minimum absolute atomic E-state index is 0.0793. The number of fused-ring (bicyclic) bond motifs is 1. The molecule has 0 spiro atoms. The molecule has 1 heterocycles. The Morgan fingerprint density at radius 2 is 1.77 bits per heavy atom. The quantitative estimate of drug-likeness (QED) is 0.531. The fraction of sp³-hybridized carbons (Fsp3) is 0.125. The standard InChI is InChI=1S/C8H8O4.C8H6O2/c9-8(6-11-12-10)7-4-2-1-3-5-7;9-7-5-10-8-4-2-1-3-6(7)8/h1-5,10H,6H2;1-4H,5H2. The van der Waals surface area contributed by atoms with Crippen molar-refractivity contribution in [3.05, 3.63) is 65.7 Å². The lowest BCUT2D eigenvalue weighted by molar-refractivity contribution is -0.485. The molecule has 3 rings (SSSR count). The molecule has 22 heavy (non-hydrogen) atoms. The molecule has 0 saturated heterocycles. The van der Waals surface area contributed by atoms with Crippen molar-refractivity contribution in [3.63, 3.8) is 0 Å². The summed E-state index contributed by atoms with van der Waals surface area (Å²) in [5, 5.41) is 11.1. The van der Waals surface area contributed by atoms with E-state index in [4.69, 9.17) is 9.99 Å². The first-order chi connectivity index (χ1) is 10.7. The molecular formula is C16H14O6. The monoisotopic (exact) mass is 302 g/mol. The van der Waals surface area contributed by atoms with E-state index in [0.29, 0.717) is 16.9 Å². The largest absolute Gasteiger partial charge is 0.485 e. The molecule has 0 amide bonds. The molecule has 6 nitrogen and oxygen atoms in total. The summed E-state index contributed by atoms with van der Waals surface area (Å²) in [6.07, 6.45) is 0. The van der Waals surface area contributed by atoms with Crippen LogP contribution in [0.5, 0.6) is 5.75 Å². The van der Waals surface area contributed by atoms with E-state index in [1.807, 2.05) is 12.1 Å². The third-order valence-corrected chi connectivity index (χ3v) is 2.88. The molecule has 6 heteroatoms. The predicted molar refractivity (Wildman–Crippen MR) is 76.7 cm³/mol. The third-order valence-electron chi connectivity index (χ3n) is 2.88. The van der Waals surface area contributed by atoms with Crippen LogP contribution < -0.4 is 4.74 Å². The zero-order chi connectivity index (χ0) is 15.8. The summed E-state index contributed by atoms with van der Waals surface area (Å²) in [6, 6.07) is 15.9. The molecule has 0 saturated carbocycles. The van der Waals surface area contributed by atoms with Crippen molar-refractivity contribution >= 4 is 11.6 Å². The SMILES string of the molecule is O=C(COOO)c1ccccc1.O=C1COc2ccccc21. The molecule has 0 radical (unpaired) electrons. The zero-order valence-electron chi connectivity index (χ0n) is 11.6. The first-order valence-electron chi connectivity index (χ1n) is 6.48. The summed E-state index contributed by atoms with van der Waals surface area (Å²) in [4.78, 5) is 26.1. The number of para-hydroxylation sites is 1. The average molecular weight is 302 g/mol. The molecular weight excluding hydrogens is 288 g/mol. The number of carbonyl (C=O) groups is 2. The maximum Gasteiger partial charge on any atom is 0.203 e. The van der Waals surface area contributed by atoms with Gasteiger partial charge in [-0.3, -0.25) is 9.59 Å². The van der Waals surface area contributed by atoms with Gasteiger partial charge in [0.25, 0.3) is 0 Å². The van der Waals surface area contributed by atoms with Crippen LogP contribution >= 0.6 is 0 Å². The number of hydrogen-bond donors (Lipinski definition) is 1. The molecule has 1 aliphatic rings. The first kappa shape index (κ1) is 15.8. The number of benzene rings is 2. The normalized spacial score (nSPS) is 12.0. The second kappa shape index (κ2) is 8.04. The Bertz CT molecular complexity index is 638. The van der Waals surface area contributed by atoms with E-state index in [1.165, 1.54) is 0 Å². The predicted octanol–water partition coefficient (Wildman–Crippen LogP) is 2.55. The van der Waals surface area contributed by atoms with Crippen LogP contribution in [0.3, 0.4) is 0 Å². The van der Waals surface area contributed by atoms with Crippen molar-refractivity contribution in [2.45, 2.75) is 0 Å². The van der Waals surface area contributed by atoms with E-state index in [2.05, 4.69) is 9.93 Å². The minimum atomic E-state index is -0.291. The number of ether oxygens (including phenoxy) is 1. The van der Waals surface area contributed by atoms with E-state index < -0.39 is 0 Å². The van der Waals surface area contributed by atoms with Gasteiger partial charge in [0.05, 0.1) is 5.56 Å². The summed E-state index contributed by atoms with van der Waals surface area (Å²) in [7, 11) is 0. The van der Waals surface area contributed by atoms with Crippen LogP contribution in [0.15, 0.2) is 54.6 Å². The van der Waals surface area contributed by atoms with Crippen molar-refractivity contribution in [3.8, 4) is 5.75 Å². The lowest BCUT2D eigenvalue weighted by Gasteiger charge is -1.97. The molecule has 0 aliphatic carbocycles. The van der Waals surface area contributed by atoms with E-state index in [1.54, 1.807) is 42.5 Å². The summed E-state index contributed by atoms with van der Waals surface area (Å²) >= 11 is 0. The van der Waals surface area contributed by atoms with Crippen molar-refractivity contribution in [1.82, 2.24) is 0 Å². The fourth-order valence-electron chi connectivity index (χ4n) is 1.83. The number of carbonyl (C=O) groups excluding carboxylic acids is 2. The highest BCUT2D eigenvalue weighted by Crippen LogP contribution is 2.23. The third kappa shape index (κ3) is 4.23. The Labute approximate surface area is 126 Å². The van der Waals surface area contributed by atoms with E-state index in [-0.39, 0.29) is 24.8 Å². The van der Waals surface area contributed by atoms with Crippen LogP contribution in [0.1, 0.15) is 20.7 Å². The molecule has 2 aromatic carbocycles. The van der Waals surface area contributed by atoms with Gasteiger partial charge in [0, 0.05) is 5.56 Å². The van der Waals surface area contributed by atoms with E-state index in [0.717, 1.165) is 0 Å². The van der Waals surface area contributed by atoms with Crippen LogP contribution in [0, 0.1) is 0 Å². The highest BCUT2D eigenvalue weighted by molar-refractivity contribution is 6.02. The number of hydrogen-bond acceptors (Lipinski definition) is 6. The first-order valence-corrected chi connectivity index (χ1v) is 6.48. The van der Waals surface area contributed by atoms with Gasteiger partial charge in [-0.05, 0) is 12.1 Å². The van der Waals surface area contributed by atoms with Gasteiger partial charge in [-0.15, -0.1) is 0 Å². The molecule has 0 aromatic heterocycles. The Morgan fingerprint density at radius 3 is 2.45 bits per heavy atom. The van der Waals surface area contributed by atoms with Crippen LogP contribution in [0.25, 0.3) is 0 Å². The number of ketones is 2. The van der Waals surface area contributed by atoms with Gasteiger partial charge in [0.1, 0.15) is 12.4 Å². The van der Waals surface area contributed by atoms with Crippen molar-refractivity contribution in [2.24, 2.45) is 0 Å². The average Bonchev–Trinajstić information content (AvgIpc) is 2.96. The van der Waals surface area contributed by atoms with Crippen LogP contribution in [0.4, 0.5) is 0 Å². The van der Waals surface area contributed by atoms with Crippen LogP contribution in [-0.2, 0) is 9.93 Å². The van der Waals surface area contributed by atoms with Gasteiger partial charge in [-0.2, -0.15) is 4.89 Å². The van der Waals surface area contributed by atoms with Crippen molar-refractivity contribution in [2.75, 3.05) is 13.2 Å². The second-order valence-corrected chi connectivity index (χ2v) is 4.33. The minimum Gasteiger partial charge on any atom is -0.485 e. The molecule has 1 N–H and O–H groups in total. The summed E-state index contributed by atoms with van der Waals surface area (Å²) in [6.45, 7) is -0.0835. The van der Waals surface area contributed by atoms with Gasteiger partial charge in [0.2, 0.25) is 5.78 Å². The fourth-order valence-corrected chi connectivity index (χ4v) is 1.83. The second-order valence-electron chi connectivity index (χ2n) is 4.33. The zero-order valence-corrected chi connectivity index (χ0v) is 11.6. The Hall–Kier alpha value is -2.54. The Morgan fingerprint density at radius 1 is 1.09 bits per heavy atom. The summed E-state index contributed by atoms with van der Waals surface area (Å²) in [5.74, 6) is 0.549. The Kier molecular flexibility index (Phi) is 5.79. The lowest BCUT2D eigenvalue weighted by atomic mass is 10.1. The van der Waals surface area contributed by atoms with Crippen molar-refractivity contribution < 1.29 is 29.5 Å². The molecule has 0 bridgehead atoms. The maximum absolute atomic E-state index is 11.1. The molecule has 0 fully saturated rings. The lowest BCUT2D eigenvalue weighted by Crippen LogP contribution is -2.08.